The van der Waals surface area contributed by atoms with Crippen LogP contribution in [-0.2, 0) is 0 Å². The molecule has 5 heteroatoms. The van der Waals surface area contributed by atoms with E-state index in [0.717, 1.165) is 17.8 Å². The van der Waals surface area contributed by atoms with Gasteiger partial charge in [-0.15, -0.1) is 0 Å². The quantitative estimate of drug-likeness (QED) is 0.561. The monoisotopic (exact) mass is 285 g/mol. The van der Waals surface area contributed by atoms with Gasteiger partial charge in [-0.1, -0.05) is 50.6 Å². The summed E-state index contributed by atoms with van der Waals surface area (Å²) >= 11 is 0. The molecule has 112 valence electrons. The van der Waals surface area contributed by atoms with Gasteiger partial charge in [0, 0.05) is 17.7 Å². The smallest absolute Gasteiger partial charge is 0.163 e. The van der Waals surface area contributed by atoms with Crippen LogP contribution in [0.2, 0.25) is 0 Å². The molecule has 0 radical (unpaired) electrons. The summed E-state index contributed by atoms with van der Waals surface area (Å²) in [6.07, 6.45) is 1.12. The molecule has 0 amide bonds. The summed E-state index contributed by atoms with van der Waals surface area (Å²) in [5.41, 5.74) is 3.57. The lowest BCUT2D eigenvalue weighted by atomic mass is 10.0. The largest absolute Gasteiger partial charge is 0.367 e. The average Bonchev–Trinajstić information content (AvgIpc) is 2.54. The van der Waals surface area contributed by atoms with Crippen LogP contribution in [0, 0.1) is 5.92 Å². The van der Waals surface area contributed by atoms with Gasteiger partial charge in [-0.2, -0.15) is 0 Å². The van der Waals surface area contributed by atoms with Crippen LogP contribution < -0.4 is 16.6 Å². The van der Waals surface area contributed by atoms with E-state index in [1.165, 1.54) is 0 Å². The lowest BCUT2D eigenvalue weighted by Crippen LogP contribution is -2.24. The summed E-state index contributed by atoms with van der Waals surface area (Å²) < 4.78 is 0. The van der Waals surface area contributed by atoms with Gasteiger partial charge in [0.25, 0.3) is 0 Å². The molecule has 5 nitrogen and oxygen atoms in total. The van der Waals surface area contributed by atoms with Crippen LogP contribution in [0.1, 0.15) is 27.2 Å². The Bertz CT molecular complexity index is 570. The van der Waals surface area contributed by atoms with E-state index in [-0.39, 0.29) is 0 Å². The van der Waals surface area contributed by atoms with Crippen molar-refractivity contribution in [3.8, 4) is 11.4 Å². The first-order valence-electron chi connectivity index (χ1n) is 7.31. The fourth-order valence-electron chi connectivity index (χ4n) is 2.04. The fraction of sp³-hybridized carbons (Fsp3) is 0.375. The second-order valence-corrected chi connectivity index (χ2v) is 5.29. The van der Waals surface area contributed by atoms with Crippen LogP contribution in [0.4, 0.5) is 11.6 Å². The Labute approximate surface area is 126 Å². The van der Waals surface area contributed by atoms with Gasteiger partial charge in [-0.25, -0.2) is 15.8 Å². The second kappa shape index (κ2) is 7.04. The number of aromatic nitrogens is 2. The zero-order valence-corrected chi connectivity index (χ0v) is 12.8. The van der Waals surface area contributed by atoms with Crippen LogP contribution in [-0.4, -0.2) is 16.0 Å². The van der Waals surface area contributed by atoms with E-state index in [1.54, 1.807) is 0 Å². The molecule has 0 aliphatic rings. The summed E-state index contributed by atoms with van der Waals surface area (Å²) in [6, 6.07) is 12.0. The second-order valence-electron chi connectivity index (χ2n) is 5.29. The molecule has 2 atom stereocenters. The van der Waals surface area contributed by atoms with Gasteiger partial charge < -0.3 is 10.7 Å². The summed E-state index contributed by atoms with van der Waals surface area (Å²) in [7, 11) is 0. The molecule has 4 N–H and O–H groups in total. The van der Waals surface area contributed by atoms with Gasteiger partial charge >= 0.3 is 0 Å². The molecule has 0 saturated carbocycles. The van der Waals surface area contributed by atoms with E-state index in [4.69, 9.17) is 5.84 Å². The Balaban J connectivity index is 2.30. The molecule has 0 fully saturated rings. The molecule has 21 heavy (non-hydrogen) atoms. The van der Waals surface area contributed by atoms with Crippen LogP contribution >= 0.6 is 0 Å². The first-order chi connectivity index (χ1) is 10.1. The third-order valence-electron chi connectivity index (χ3n) is 3.78. The van der Waals surface area contributed by atoms with Gasteiger partial charge in [-0.05, 0) is 12.8 Å². The maximum atomic E-state index is 5.51. The number of nitrogens with one attached hydrogen (secondary N) is 2. The minimum Gasteiger partial charge on any atom is -0.367 e. The van der Waals surface area contributed by atoms with Crippen molar-refractivity contribution >= 4 is 11.6 Å². The minimum absolute atomic E-state index is 0.333. The van der Waals surface area contributed by atoms with Crippen LogP contribution in [0.25, 0.3) is 11.4 Å². The molecule has 2 rings (SSSR count). The molecule has 1 aromatic carbocycles. The van der Waals surface area contributed by atoms with Gasteiger partial charge in [0.1, 0.15) is 11.6 Å². The highest BCUT2D eigenvalue weighted by atomic mass is 15.3. The number of rotatable bonds is 6. The maximum absolute atomic E-state index is 5.51. The van der Waals surface area contributed by atoms with Crippen LogP contribution in [0.3, 0.4) is 0 Å². The molecule has 2 aromatic rings. The van der Waals surface area contributed by atoms with E-state index >= 15 is 0 Å². The normalized spacial score (nSPS) is 13.5. The average molecular weight is 285 g/mol. The zero-order valence-electron chi connectivity index (χ0n) is 12.8. The van der Waals surface area contributed by atoms with E-state index in [9.17, 15) is 0 Å². The molecule has 0 spiro atoms. The number of hydrogen-bond donors (Lipinski definition) is 3. The predicted molar refractivity (Wildman–Crippen MR) is 87.8 cm³/mol. The zero-order chi connectivity index (χ0) is 15.2. The van der Waals surface area contributed by atoms with Crippen molar-refractivity contribution in [3.63, 3.8) is 0 Å². The van der Waals surface area contributed by atoms with Crippen molar-refractivity contribution in [2.75, 3.05) is 10.7 Å². The van der Waals surface area contributed by atoms with E-state index in [1.807, 2.05) is 36.4 Å². The summed E-state index contributed by atoms with van der Waals surface area (Å²) in [5.74, 6) is 8.12. The number of benzene rings is 1. The Morgan fingerprint density at radius 1 is 1.10 bits per heavy atom. The van der Waals surface area contributed by atoms with Gasteiger partial charge in [0.05, 0.1) is 0 Å². The molecule has 0 aliphatic carbocycles. The summed E-state index contributed by atoms with van der Waals surface area (Å²) in [5, 5.41) is 3.43. The third-order valence-corrected chi connectivity index (χ3v) is 3.78. The highest BCUT2D eigenvalue weighted by Gasteiger charge is 2.12. The number of anilines is 2. The predicted octanol–water partition coefficient (Wildman–Crippen LogP) is 3.28. The number of nitrogens with two attached hydrogens (primary N) is 1. The van der Waals surface area contributed by atoms with E-state index in [2.05, 4.69) is 41.5 Å². The molecule has 1 aromatic heterocycles. The lowest BCUT2D eigenvalue weighted by molar-refractivity contribution is 0.493. The van der Waals surface area contributed by atoms with Gasteiger partial charge in [-0.3, -0.25) is 0 Å². The molecule has 0 aliphatic heterocycles. The van der Waals surface area contributed by atoms with E-state index in [0.29, 0.717) is 23.6 Å². The van der Waals surface area contributed by atoms with Crippen molar-refractivity contribution in [1.29, 1.82) is 0 Å². The number of nitrogens with zero attached hydrogens (tertiary/aromatic N) is 2. The van der Waals surface area contributed by atoms with E-state index < -0.39 is 0 Å². The van der Waals surface area contributed by atoms with Crippen LogP contribution in [0.15, 0.2) is 36.4 Å². The topological polar surface area (TPSA) is 75.9 Å². The Morgan fingerprint density at radius 3 is 2.38 bits per heavy atom. The first-order valence-corrected chi connectivity index (χ1v) is 7.31. The Kier molecular flexibility index (Phi) is 5.11. The summed E-state index contributed by atoms with van der Waals surface area (Å²) in [6.45, 7) is 6.57. The fourth-order valence-corrected chi connectivity index (χ4v) is 2.04. The van der Waals surface area contributed by atoms with Gasteiger partial charge in [0.15, 0.2) is 5.82 Å². The molecule has 1 heterocycles. The van der Waals surface area contributed by atoms with Crippen molar-refractivity contribution in [2.45, 2.75) is 33.2 Å². The molecular formula is C16H23N5. The molecule has 0 saturated heterocycles. The first kappa shape index (κ1) is 15.3. The number of nitrogen functional groups attached to an aromatic ring is 1. The molecular weight excluding hydrogens is 262 g/mol. The van der Waals surface area contributed by atoms with Crippen molar-refractivity contribution in [1.82, 2.24) is 9.97 Å². The Hall–Kier alpha value is -2.14. The maximum Gasteiger partial charge on any atom is 0.163 e. The highest BCUT2D eigenvalue weighted by Crippen LogP contribution is 2.21. The summed E-state index contributed by atoms with van der Waals surface area (Å²) in [4.78, 5) is 9.00. The number of hydrogen-bond acceptors (Lipinski definition) is 5. The van der Waals surface area contributed by atoms with Crippen molar-refractivity contribution in [2.24, 2.45) is 11.8 Å². The van der Waals surface area contributed by atoms with Crippen molar-refractivity contribution < 1.29 is 0 Å². The highest BCUT2D eigenvalue weighted by molar-refractivity contribution is 5.61. The van der Waals surface area contributed by atoms with Crippen molar-refractivity contribution in [3.05, 3.63) is 36.4 Å². The van der Waals surface area contributed by atoms with Crippen LogP contribution in [0.5, 0.6) is 0 Å². The minimum atomic E-state index is 0.333. The lowest BCUT2D eigenvalue weighted by Gasteiger charge is -2.21. The molecule has 0 bridgehead atoms. The molecule has 2 unspecified atom stereocenters. The number of hydrazine groups is 1. The third kappa shape index (κ3) is 3.92. The SMILES string of the molecule is CCC(C)C(C)Nc1cc(NN)nc(-c2ccccc2)n1. The Morgan fingerprint density at radius 2 is 1.76 bits per heavy atom. The van der Waals surface area contributed by atoms with Gasteiger partial charge in [0.2, 0.25) is 0 Å². The standard InChI is InChI=1S/C16H23N5/c1-4-11(2)12(3)18-14-10-15(21-17)20-16(19-14)13-8-6-5-7-9-13/h5-12H,4,17H2,1-3H3,(H2,18,19,20,21).